The second kappa shape index (κ2) is 12.4. The molecule has 0 radical (unpaired) electrons. The summed E-state index contributed by atoms with van der Waals surface area (Å²) in [5, 5.41) is 6.60. The maximum absolute atomic E-state index is 12.5. The van der Waals surface area contributed by atoms with Gasteiger partial charge in [0.05, 0.1) is 7.11 Å². The largest absolute Gasteiger partial charge is 0.493 e. The van der Waals surface area contributed by atoms with Gasteiger partial charge in [-0.15, -0.1) is 12.4 Å². The molecule has 2 N–H and O–H groups in total. The van der Waals surface area contributed by atoms with Crippen molar-refractivity contribution in [3.05, 3.63) is 52.6 Å². The summed E-state index contributed by atoms with van der Waals surface area (Å²) in [4.78, 5) is 14.9. The highest BCUT2D eigenvalue weighted by Gasteiger charge is 2.35. The van der Waals surface area contributed by atoms with Crippen molar-refractivity contribution in [3.8, 4) is 11.5 Å². The van der Waals surface area contributed by atoms with E-state index < -0.39 is 0 Å². The van der Waals surface area contributed by atoms with Crippen LogP contribution in [0.5, 0.6) is 11.5 Å². The van der Waals surface area contributed by atoms with Gasteiger partial charge in [-0.05, 0) is 76.5 Å². The average molecular weight is 490 g/mol. The molecule has 188 valence electrons. The Kier molecular flexibility index (Phi) is 10.2. The van der Waals surface area contributed by atoms with Gasteiger partial charge in [-0.2, -0.15) is 0 Å². The number of hydrogen-bond acceptors (Lipinski definition) is 5. The number of amides is 1. The van der Waals surface area contributed by atoms with E-state index in [0.717, 1.165) is 35.5 Å². The Balaban J connectivity index is 0.00000408. The lowest BCUT2D eigenvalue weighted by Gasteiger charge is -2.36. The third-order valence-electron chi connectivity index (χ3n) is 6.79. The lowest BCUT2D eigenvalue weighted by molar-refractivity contribution is -0.118. The third-order valence-corrected chi connectivity index (χ3v) is 6.79. The number of nitrogens with zero attached hydrogens (tertiary/aromatic N) is 1. The van der Waals surface area contributed by atoms with Crippen molar-refractivity contribution in [1.82, 2.24) is 10.2 Å². The minimum Gasteiger partial charge on any atom is -0.493 e. The van der Waals surface area contributed by atoms with Crippen LogP contribution in [0, 0.1) is 20.8 Å². The van der Waals surface area contributed by atoms with E-state index in [9.17, 15) is 4.79 Å². The summed E-state index contributed by atoms with van der Waals surface area (Å²) >= 11 is 0. The van der Waals surface area contributed by atoms with Gasteiger partial charge >= 0.3 is 0 Å². The molecule has 2 aromatic carbocycles. The number of nitrogens with one attached hydrogen (secondary N) is 2. The highest BCUT2D eigenvalue weighted by Crippen LogP contribution is 2.33. The zero-order valence-corrected chi connectivity index (χ0v) is 22.2. The number of halogens is 1. The molecule has 6 nitrogen and oxygen atoms in total. The molecule has 3 rings (SSSR count). The third kappa shape index (κ3) is 6.87. The zero-order chi connectivity index (χ0) is 24.0. The second-order valence-electron chi connectivity index (χ2n) is 9.53. The monoisotopic (exact) mass is 489 g/mol. The Hall–Kier alpha value is -2.28. The SMILES string of the molecule is COc1cc(CNCC2(N(C)C)CCCC2)ccc1OCC(=O)Nc1c(C)cc(C)cc1C.Cl. The van der Waals surface area contributed by atoms with Gasteiger partial charge in [-0.25, -0.2) is 0 Å². The molecule has 0 aromatic heterocycles. The molecule has 0 aliphatic heterocycles. The molecule has 1 aliphatic carbocycles. The number of carbonyl (C=O) groups is 1. The fraction of sp³-hybridized carbons (Fsp3) is 0.519. The summed E-state index contributed by atoms with van der Waals surface area (Å²) in [6, 6.07) is 10.0. The standard InChI is InChI=1S/C27H39N3O3.ClH/c1-19-13-20(2)26(21(3)14-19)29-25(31)17-33-23-10-9-22(15-24(23)32-6)16-28-18-27(30(4)5)11-7-8-12-27;/h9-10,13-15,28H,7-8,11-12,16-18H2,1-6H3,(H,29,31);1H. The van der Waals surface area contributed by atoms with Crippen LogP contribution in [0.2, 0.25) is 0 Å². The molecule has 34 heavy (non-hydrogen) atoms. The van der Waals surface area contributed by atoms with Crippen molar-refractivity contribution in [2.24, 2.45) is 0 Å². The van der Waals surface area contributed by atoms with E-state index in [1.54, 1.807) is 7.11 Å². The topological polar surface area (TPSA) is 62.8 Å². The van der Waals surface area contributed by atoms with Gasteiger partial charge in [-0.3, -0.25) is 4.79 Å². The maximum Gasteiger partial charge on any atom is 0.262 e. The summed E-state index contributed by atoms with van der Waals surface area (Å²) in [6.07, 6.45) is 5.09. The molecule has 0 unspecified atom stereocenters. The predicted octanol–water partition coefficient (Wildman–Crippen LogP) is 5.02. The number of anilines is 1. The van der Waals surface area contributed by atoms with Gasteiger partial charge in [0, 0.05) is 24.3 Å². The minimum atomic E-state index is -0.191. The second-order valence-corrected chi connectivity index (χ2v) is 9.53. The molecule has 2 aromatic rings. The van der Waals surface area contributed by atoms with E-state index in [1.165, 1.54) is 31.2 Å². The summed E-state index contributed by atoms with van der Waals surface area (Å²) < 4.78 is 11.3. The smallest absolute Gasteiger partial charge is 0.262 e. The lowest BCUT2D eigenvalue weighted by Crippen LogP contribution is -2.49. The number of likely N-dealkylation sites (N-methyl/N-ethyl adjacent to an activating group) is 1. The lowest BCUT2D eigenvalue weighted by atomic mass is 9.96. The zero-order valence-electron chi connectivity index (χ0n) is 21.4. The quantitative estimate of drug-likeness (QED) is 0.490. The van der Waals surface area contributed by atoms with Crippen molar-refractivity contribution in [3.63, 3.8) is 0 Å². The number of benzene rings is 2. The van der Waals surface area contributed by atoms with Crippen molar-refractivity contribution >= 4 is 24.0 Å². The molecule has 1 fully saturated rings. The molecule has 0 bridgehead atoms. The molecular formula is C27H40ClN3O3. The predicted molar refractivity (Wildman–Crippen MR) is 142 cm³/mol. The number of aryl methyl sites for hydroxylation is 3. The van der Waals surface area contributed by atoms with E-state index in [4.69, 9.17) is 9.47 Å². The fourth-order valence-electron chi connectivity index (χ4n) is 4.89. The Morgan fingerprint density at radius 3 is 2.26 bits per heavy atom. The summed E-state index contributed by atoms with van der Waals surface area (Å²) in [7, 11) is 5.98. The van der Waals surface area contributed by atoms with Crippen LogP contribution in [0.1, 0.15) is 47.9 Å². The first-order valence-corrected chi connectivity index (χ1v) is 11.8. The first-order valence-electron chi connectivity index (χ1n) is 11.8. The van der Waals surface area contributed by atoms with Gasteiger partial charge in [0.1, 0.15) is 0 Å². The van der Waals surface area contributed by atoms with Crippen LogP contribution in [0.3, 0.4) is 0 Å². The number of rotatable bonds is 10. The van der Waals surface area contributed by atoms with E-state index in [2.05, 4.69) is 48.7 Å². The molecule has 0 heterocycles. The average Bonchev–Trinajstić information content (AvgIpc) is 3.25. The maximum atomic E-state index is 12.5. The van der Waals surface area contributed by atoms with Crippen LogP contribution in [0.25, 0.3) is 0 Å². The van der Waals surface area contributed by atoms with Gasteiger partial charge < -0.3 is 25.0 Å². The van der Waals surface area contributed by atoms with Gasteiger partial charge in [0.25, 0.3) is 5.91 Å². The molecule has 0 saturated heterocycles. The van der Waals surface area contributed by atoms with E-state index in [1.807, 2.05) is 32.0 Å². The first kappa shape index (κ1) is 28.0. The summed E-state index contributed by atoms with van der Waals surface area (Å²) in [6.45, 7) is 7.71. The highest BCUT2D eigenvalue weighted by molar-refractivity contribution is 5.93. The van der Waals surface area contributed by atoms with Crippen LogP contribution in [0.15, 0.2) is 30.3 Å². The minimum absolute atomic E-state index is 0. The van der Waals surface area contributed by atoms with Crippen molar-refractivity contribution in [1.29, 1.82) is 0 Å². The van der Waals surface area contributed by atoms with Crippen LogP contribution >= 0.6 is 12.4 Å². The number of methoxy groups -OCH3 is 1. The fourth-order valence-corrected chi connectivity index (χ4v) is 4.89. The van der Waals surface area contributed by atoms with Crippen molar-refractivity contribution in [2.45, 2.75) is 58.5 Å². The van der Waals surface area contributed by atoms with Crippen LogP contribution < -0.4 is 20.1 Å². The molecular weight excluding hydrogens is 450 g/mol. The number of carbonyl (C=O) groups excluding carboxylic acids is 1. The van der Waals surface area contributed by atoms with Crippen molar-refractivity contribution < 1.29 is 14.3 Å². The van der Waals surface area contributed by atoms with Crippen LogP contribution in [-0.4, -0.2) is 50.7 Å². The van der Waals surface area contributed by atoms with Gasteiger partial charge in [0.15, 0.2) is 18.1 Å². The number of hydrogen-bond donors (Lipinski definition) is 2. The van der Waals surface area contributed by atoms with Gasteiger partial charge in [0.2, 0.25) is 0 Å². The van der Waals surface area contributed by atoms with E-state index in [0.29, 0.717) is 11.5 Å². The van der Waals surface area contributed by atoms with E-state index in [-0.39, 0.29) is 30.5 Å². The Labute approximate surface area is 210 Å². The Morgan fingerprint density at radius 1 is 1.03 bits per heavy atom. The normalized spacial score (nSPS) is 14.6. The van der Waals surface area contributed by atoms with Crippen molar-refractivity contribution in [2.75, 3.05) is 39.7 Å². The molecule has 7 heteroatoms. The summed E-state index contributed by atoms with van der Waals surface area (Å²) in [5.74, 6) is 1.01. The molecule has 0 atom stereocenters. The number of ether oxygens (including phenoxy) is 2. The first-order chi connectivity index (χ1) is 15.7. The molecule has 1 aliphatic rings. The van der Waals surface area contributed by atoms with Gasteiger partial charge in [-0.1, -0.05) is 36.6 Å². The molecule has 1 amide bonds. The summed E-state index contributed by atoms with van der Waals surface area (Å²) in [5.41, 5.74) is 5.50. The Morgan fingerprint density at radius 2 is 1.68 bits per heavy atom. The van der Waals surface area contributed by atoms with Crippen LogP contribution in [0.4, 0.5) is 5.69 Å². The Bertz CT molecular complexity index is 949. The molecule has 0 spiro atoms. The van der Waals surface area contributed by atoms with E-state index >= 15 is 0 Å². The van der Waals surface area contributed by atoms with Crippen LogP contribution in [-0.2, 0) is 11.3 Å². The highest BCUT2D eigenvalue weighted by atomic mass is 35.5. The molecule has 1 saturated carbocycles.